The number of hydrogen-bond donors (Lipinski definition) is 3. The fourth-order valence-corrected chi connectivity index (χ4v) is 2.28. The van der Waals surface area contributed by atoms with Gasteiger partial charge in [-0.2, -0.15) is 11.8 Å². The van der Waals surface area contributed by atoms with Crippen LogP contribution in [0.5, 0.6) is 0 Å². The maximum atomic E-state index is 11.7. The zero-order chi connectivity index (χ0) is 14.6. The Kier molecular flexibility index (Phi) is 12.0. The molecule has 1 aromatic carbocycles. The van der Waals surface area contributed by atoms with Crippen molar-refractivity contribution in [1.29, 1.82) is 5.41 Å². The van der Waals surface area contributed by atoms with E-state index < -0.39 is 6.04 Å². The first-order valence-electron chi connectivity index (χ1n) is 6.47. The molecule has 0 radical (unpaired) electrons. The zero-order valence-electron chi connectivity index (χ0n) is 11.8. The van der Waals surface area contributed by atoms with Crippen LogP contribution >= 0.6 is 24.2 Å². The molecule has 1 unspecified atom stereocenters. The highest BCUT2D eigenvalue weighted by molar-refractivity contribution is 7.99. The molecule has 0 saturated carbocycles. The Hall–Kier alpha value is -1.08. The molecule has 7 heteroatoms. The fraction of sp³-hybridized carbons (Fsp3) is 0.429. The molecule has 1 rings (SSSR count). The van der Waals surface area contributed by atoms with E-state index in [4.69, 9.17) is 15.9 Å². The molecule has 21 heavy (non-hydrogen) atoms. The first-order chi connectivity index (χ1) is 9.74. The molecule has 0 spiro atoms. The lowest BCUT2D eigenvalue weighted by Gasteiger charge is -2.11. The van der Waals surface area contributed by atoms with Crippen molar-refractivity contribution >= 4 is 36.4 Å². The molecule has 0 heterocycles. The van der Waals surface area contributed by atoms with Gasteiger partial charge in [-0.3, -0.25) is 4.79 Å². The Morgan fingerprint density at radius 3 is 2.81 bits per heavy atom. The van der Waals surface area contributed by atoms with Crippen molar-refractivity contribution in [1.82, 2.24) is 5.32 Å². The van der Waals surface area contributed by atoms with Gasteiger partial charge in [-0.1, -0.05) is 30.3 Å². The number of nitrogens with one attached hydrogen (secondary N) is 2. The third-order valence-corrected chi connectivity index (χ3v) is 3.58. The van der Waals surface area contributed by atoms with Crippen LogP contribution in [0.25, 0.3) is 0 Å². The second-order valence-corrected chi connectivity index (χ2v) is 5.33. The number of rotatable bonds is 10. The van der Waals surface area contributed by atoms with Crippen molar-refractivity contribution in [3.63, 3.8) is 0 Å². The third-order valence-electron chi connectivity index (χ3n) is 2.49. The van der Waals surface area contributed by atoms with Crippen molar-refractivity contribution in [3.05, 3.63) is 35.9 Å². The summed E-state index contributed by atoms with van der Waals surface area (Å²) in [6.45, 7) is 1.64. The normalized spacial score (nSPS) is 11.3. The van der Waals surface area contributed by atoms with Gasteiger partial charge in [-0.15, -0.1) is 12.4 Å². The van der Waals surface area contributed by atoms with E-state index in [1.165, 1.54) is 6.21 Å². The lowest BCUT2D eigenvalue weighted by molar-refractivity contribution is -0.145. The van der Waals surface area contributed by atoms with Gasteiger partial charge < -0.3 is 21.2 Å². The monoisotopic (exact) mass is 331 g/mol. The van der Waals surface area contributed by atoms with Crippen LogP contribution in [0.1, 0.15) is 5.56 Å². The predicted octanol–water partition coefficient (Wildman–Crippen LogP) is 1.45. The van der Waals surface area contributed by atoms with Gasteiger partial charge in [0, 0.05) is 30.8 Å². The van der Waals surface area contributed by atoms with Crippen molar-refractivity contribution in [2.75, 3.05) is 24.6 Å². The molecular weight excluding hydrogens is 310 g/mol. The zero-order valence-corrected chi connectivity index (χ0v) is 13.4. The van der Waals surface area contributed by atoms with Crippen LogP contribution in [0.4, 0.5) is 0 Å². The highest BCUT2D eigenvalue weighted by Crippen LogP contribution is 2.05. The Morgan fingerprint density at radius 2 is 2.14 bits per heavy atom. The van der Waals surface area contributed by atoms with Crippen molar-refractivity contribution in [3.8, 4) is 0 Å². The molecule has 1 aromatic rings. The molecule has 0 saturated heterocycles. The van der Waals surface area contributed by atoms with Crippen LogP contribution in [0.15, 0.2) is 30.3 Å². The second kappa shape index (κ2) is 12.6. The summed E-state index contributed by atoms with van der Waals surface area (Å²) < 4.78 is 5.16. The van der Waals surface area contributed by atoms with E-state index in [-0.39, 0.29) is 25.0 Å². The number of esters is 1. The molecule has 0 aliphatic rings. The molecule has 5 nitrogen and oxygen atoms in total. The van der Waals surface area contributed by atoms with Crippen molar-refractivity contribution < 1.29 is 9.53 Å². The number of nitrogens with two attached hydrogens (primary N) is 1. The summed E-state index contributed by atoms with van der Waals surface area (Å²) in [6, 6.07) is 8.94. The molecule has 4 N–H and O–H groups in total. The van der Waals surface area contributed by atoms with E-state index in [0.29, 0.717) is 12.3 Å². The molecule has 0 aliphatic carbocycles. The number of ether oxygens (including phenoxy) is 1. The molecule has 0 fully saturated rings. The summed E-state index contributed by atoms with van der Waals surface area (Å²) in [4.78, 5) is 11.7. The third kappa shape index (κ3) is 9.47. The fourth-order valence-electron chi connectivity index (χ4n) is 1.43. The van der Waals surface area contributed by atoms with E-state index in [2.05, 4.69) is 5.32 Å². The van der Waals surface area contributed by atoms with Gasteiger partial charge in [0.25, 0.3) is 0 Å². The first kappa shape index (κ1) is 19.9. The number of hydrogen-bond acceptors (Lipinski definition) is 6. The van der Waals surface area contributed by atoms with Crippen molar-refractivity contribution in [2.24, 2.45) is 5.73 Å². The summed E-state index contributed by atoms with van der Waals surface area (Å²) in [6.07, 6.45) is 1.32. The largest absolute Gasteiger partial charge is 0.460 e. The Bertz CT molecular complexity index is 406. The average molecular weight is 332 g/mol. The molecule has 0 amide bonds. The van der Waals surface area contributed by atoms with Gasteiger partial charge in [0.05, 0.1) is 0 Å². The average Bonchev–Trinajstić information content (AvgIpc) is 2.49. The number of carbonyl (C=O) groups is 1. The van der Waals surface area contributed by atoms with Crippen LogP contribution < -0.4 is 11.1 Å². The Balaban J connectivity index is 0.00000400. The van der Waals surface area contributed by atoms with Crippen molar-refractivity contribution in [2.45, 2.75) is 12.6 Å². The predicted molar refractivity (Wildman–Crippen MR) is 90.4 cm³/mol. The molecule has 0 aromatic heterocycles. The van der Waals surface area contributed by atoms with E-state index in [9.17, 15) is 4.79 Å². The van der Waals surface area contributed by atoms with E-state index in [0.717, 1.165) is 17.9 Å². The Morgan fingerprint density at radius 1 is 1.43 bits per heavy atom. The molecular formula is C14H22ClN3O2S. The topological polar surface area (TPSA) is 88.2 Å². The minimum Gasteiger partial charge on any atom is -0.460 e. The van der Waals surface area contributed by atoms with E-state index >= 15 is 0 Å². The van der Waals surface area contributed by atoms with Crippen LogP contribution in [-0.4, -0.2) is 42.8 Å². The second-order valence-electron chi connectivity index (χ2n) is 4.18. The summed E-state index contributed by atoms with van der Waals surface area (Å²) in [7, 11) is 0. The lowest BCUT2D eigenvalue weighted by atomic mass is 10.2. The molecule has 118 valence electrons. The van der Waals surface area contributed by atoms with Crippen LogP contribution in [-0.2, 0) is 16.1 Å². The highest BCUT2D eigenvalue weighted by atomic mass is 35.5. The molecule has 1 atom stereocenters. The summed E-state index contributed by atoms with van der Waals surface area (Å²) >= 11 is 1.60. The smallest absolute Gasteiger partial charge is 0.324 e. The standard InChI is InChI=1S/C14H21N3O2S.ClH/c15-6-7-17-8-9-20-11-13(16)14(18)19-10-12-4-2-1-3-5-12;/h1-6,13,15,17H,7-11,16H2;1H. The van der Waals surface area contributed by atoms with E-state index in [1.807, 2.05) is 30.3 Å². The summed E-state index contributed by atoms with van der Waals surface area (Å²) in [5, 5.41) is 9.91. The van der Waals surface area contributed by atoms with Gasteiger partial charge in [0.1, 0.15) is 12.6 Å². The van der Waals surface area contributed by atoms with Gasteiger partial charge in [0.15, 0.2) is 0 Å². The number of halogens is 1. The van der Waals surface area contributed by atoms with Gasteiger partial charge >= 0.3 is 5.97 Å². The van der Waals surface area contributed by atoms with E-state index in [1.54, 1.807) is 11.8 Å². The number of thioether (sulfide) groups is 1. The Labute approximate surface area is 135 Å². The SMILES string of the molecule is Cl.N=CCNCCSCC(N)C(=O)OCc1ccccc1. The quantitative estimate of drug-likeness (QED) is 0.343. The van der Waals surface area contributed by atoms with Crippen LogP contribution in [0, 0.1) is 5.41 Å². The summed E-state index contributed by atoms with van der Waals surface area (Å²) in [5.41, 5.74) is 6.73. The highest BCUT2D eigenvalue weighted by Gasteiger charge is 2.14. The minimum atomic E-state index is -0.591. The maximum Gasteiger partial charge on any atom is 0.324 e. The van der Waals surface area contributed by atoms with Crippen LogP contribution in [0.3, 0.4) is 0 Å². The van der Waals surface area contributed by atoms with Crippen LogP contribution in [0.2, 0.25) is 0 Å². The first-order valence-corrected chi connectivity index (χ1v) is 7.63. The molecule has 0 aliphatic heterocycles. The van der Waals surface area contributed by atoms with Gasteiger partial charge in [0.2, 0.25) is 0 Å². The maximum absolute atomic E-state index is 11.7. The van der Waals surface area contributed by atoms with Gasteiger partial charge in [-0.05, 0) is 5.56 Å². The number of carbonyl (C=O) groups excluding carboxylic acids is 1. The number of benzene rings is 1. The lowest BCUT2D eigenvalue weighted by Crippen LogP contribution is -2.35. The van der Waals surface area contributed by atoms with Gasteiger partial charge in [-0.25, -0.2) is 0 Å². The minimum absolute atomic E-state index is 0. The molecule has 0 bridgehead atoms. The summed E-state index contributed by atoms with van der Waals surface area (Å²) in [5.74, 6) is 1.03.